The lowest BCUT2D eigenvalue weighted by atomic mass is 10.1. The first-order chi connectivity index (χ1) is 10.3. The lowest BCUT2D eigenvalue weighted by molar-refractivity contribution is 0.708. The second kappa shape index (κ2) is 5.00. The van der Waals surface area contributed by atoms with Crippen molar-refractivity contribution < 1.29 is 0 Å². The van der Waals surface area contributed by atoms with Crippen molar-refractivity contribution in [2.45, 2.75) is 25.9 Å². The molecule has 0 radical (unpaired) electrons. The second-order valence-electron chi connectivity index (χ2n) is 5.71. The van der Waals surface area contributed by atoms with Gasteiger partial charge in [-0.1, -0.05) is 24.3 Å². The number of rotatable bonds is 1. The zero-order valence-electron chi connectivity index (χ0n) is 12.0. The first-order valence-corrected chi connectivity index (χ1v) is 7.49. The van der Waals surface area contributed by atoms with Crippen LogP contribution in [0.5, 0.6) is 0 Å². The van der Waals surface area contributed by atoms with Gasteiger partial charge in [0.05, 0.1) is 5.69 Å². The van der Waals surface area contributed by atoms with Gasteiger partial charge in [-0.3, -0.25) is 0 Å². The lowest BCUT2D eigenvalue weighted by Crippen LogP contribution is -2.21. The maximum atomic E-state index is 5.94. The van der Waals surface area contributed by atoms with Gasteiger partial charge in [0.25, 0.3) is 0 Å². The number of nitrogens with zero attached hydrogens (tertiary/aromatic N) is 3. The third kappa shape index (κ3) is 2.23. The summed E-state index contributed by atoms with van der Waals surface area (Å²) in [4.78, 5) is 11.3. The van der Waals surface area contributed by atoms with E-state index in [2.05, 4.69) is 44.5 Å². The van der Waals surface area contributed by atoms with Crippen LogP contribution >= 0.6 is 0 Å². The Balaban J connectivity index is 1.74. The number of anilines is 2. The molecule has 21 heavy (non-hydrogen) atoms. The zero-order chi connectivity index (χ0) is 14.2. The number of nitrogen functional groups attached to an aromatic ring is 1. The minimum absolute atomic E-state index is 0.390. The van der Waals surface area contributed by atoms with Crippen molar-refractivity contribution in [3.8, 4) is 0 Å². The molecule has 3 N–H and O–H groups in total. The van der Waals surface area contributed by atoms with Crippen molar-refractivity contribution in [3.05, 3.63) is 46.6 Å². The molecule has 2 aromatic rings. The van der Waals surface area contributed by atoms with E-state index in [1.165, 1.54) is 16.7 Å². The SMILES string of the molecule is Nc1nc2c(c(N3Cc4ccccc4C3)n1)CCNCC2. The van der Waals surface area contributed by atoms with Crippen LogP contribution in [0.25, 0.3) is 0 Å². The Hall–Kier alpha value is -2.14. The molecule has 0 saturated heterocycles. The summed E-state index contributed by atoms with van der Waals surface area (Å²) in [5.74, 6) is 1.42. The van der Waals surface area contributed by atoms with E-state index in [0.717, 1.165) is 50.5 Å². The third-order valence-corrected chi connectivity index (χ3v) is 4.32. The molecule has 5 nitrogen and oxygen atoms in total. The molecule has 0 saturated carbocycles. The van der Waals surface area contributed by atoms with Crippen LogP contribution < -0.4 is 16.0 Å². The van der Waals surface area contributed by atoms with Gasteiger partial charge in [0.2, 0.25) is 5.95 Å². The summed E-state index contributed by atoms with van der Waals surface area (Å²) in [6, 6.07) is 8.59. The zero-order valence-corrected chi connectivity index (χ0v) is 12.0. The highest BCUT2D eigenvalue weighted by Gasteiger charge is 2.25. The number of aromatic nitrogens is 2. The Labute approximate surface area is 124 Å². The van der Waals surface area contributed by atoms with Gasteiger partial charge >= 0.3 is 0 Å². The number of nitrogens with two attached hydrogens (primary N) is 1. The standard InChI is InChI=1S/C16H19N5/c17-16-19-14-6-8-18-7-5-13(14)15(20-16)21-9-11-3-1-2-4-12(11)10-21/h1-4,18H,5-10H2,(H2,17,19,20). The fraction of sp³-hybridized carbons (Fsp3) is 0.375. The molecule has 2 aliphatic heterocycles. The van der Waals surface area contributed by atoms with Gasteiger partial charge in [-0.15, -0.1) is 0 Å². The normalized spacial score (nSPS) is 17.2. The number of nitrogens with one attached hydrogen (secondary N) is 1. The highest BCUT2D eigenvalue weighted by Crippen LogP contribution is 2.31. The van der Waals surface area contributed by atoms with Crippen molar-refractivity contribution in [3.63, 3.8) is 0 Å². The Kier molecular flexibility index (Phi) is 3.00. The molecule has 0 unspecified atom stereocenters. The van der Waals surface area contributed by atoms with Crippen LogP contribution in [0.3, 0.4) is 0 Å². The van der Waals surface area contributed by atoms with Gasteiger partial charge in [0.1, 0.15) is 5.82 Å². The summed E-state index contributed by atoms with van der Waals surface area (Å²) in [7, 11) is 0. The molecule has 1 aromatic carbocycles. The van der Waals surface area contributed by atoms with E-state index >= 15 is 0 Å². The van der Waals surface area contributed by atoms with Crippen molar-refractivity contribution >= 4 is 11.8 Å². The Morgan fingerprint density at radius 2 is 1.71 bits per heavy atom. The van der Waals surface area contributed by atoms with Gasteiger partial charge in [-0.05, 0) is 24.1 Å². The Bertz CT molecular complexity index is 657. The first-order valence-electron chi connectivity index (χ1n) is 7.49. The van der Waals surface area contributed by atoms with Crippen molar-refractivity contribution in [2.24, 2.45) is 0 Å². The van der Waals surface area contributed by atoms with E-state index in [0.29, 0.717) is 5.95 Å². The number of hydrogen-bond acceptors (Lipinski definition) is 5. The molecule has 0 bridgehead atoms. The van der Waals surface area contributed by atoms with Gasteiger partial charge in [0, 0.05) is 31.6 Å². The highest BCUT2D eigenvalue weighted by atomic mass is 15.2. The average molecular weight is 281 g/mol. The van der Waals surface area contributed by atoms with E-state index in [1.54, 1.807) is 0 Å². The fourth-order valence-corrected chi connectivity index (χ4v) is 3.29. The molecule has 0 atom stereocenters. The largest absolute Gasteiger partial charge is 0.368 e. The summed E-state index contributed by atoms with van der Waals surface area (Å²) in [5.41, 5.74) is 11.1. The van der Waals surface area contributed by atoms with E-state index in [-0.39, 0.29) is 0 Å². The van der Waals surface area contributed by atoms with Crippen LogP contribution in [0.4, 0.5) is 11.8 Å². The molecule has 2 aliphatic rings. The maximum Gasteiger partial charge on any atom is 0.222 e. The quantitative estimate of drug-likeness (QED) is 0.824. The fourth-order valence-electron chi connectivity index (χ4n) is 3.29. The molecule has 1 aromatic heterocycles. The van der Waals surface area contributed by atoms with E-state index < -0.39 is 0 Å². The first kappa shape index (κ1) is 12.6. The molecule has 0 amide bonds. The third-order valence-electron chi connectivity index (χ3n) is 4.32. The van der Waals surface area contributed by atoms with Crippen LogP contribution in [0.2, 0.25) is 0 Å². The minimum atomic E-state index is 0.390. The molecule has 108 valence electrons. The highest BCUT2D eigenvalue weighted by molar-refractivity contribution is 5.56. The topological polar surface area (TPSA) is 67.1 Å². The minimum Gasteiger partial charge on any atom is -0.368 e. The Morgan fingerprint density at radius 3 is 2.48 bits per heavy atom. The molecule has 5 heteroatoms. The number of benzene rings is 1. The molecular weight excluding hydrogens is 262 g/mol. The summed E-state index contributed by atoms with van der Waals surface area (Å²) in [6.07, 6.45) is 1.90. The predicted octanol–water partition coefficient (Wildman–Crippen LogP) is 1.27. The van der Waals surface area contributed by atoms with Crippen LogP contribution in [-0.4, -0.2) is 23.1 Å². The van der Waals surface area contributed by atoms with Crippen LogP contribution in [0, 0.1) is 0 Å². The van der Waals surface area contributed by atoms with Gasteiger partial charge in [-0.2, -0.15) is 4.98 Å². The number of fused-ring (bicyclic) bond motifs is 2. The van der Waals surface area contributed by atoms with Gasteiger partial charge in [0.15, 0.2) is 0 Å². The smallest absolute Gasteiger partial charge is 0.222 e. The van der Waals surface area contributed by atoms with Crippen LogP contribution in [0.15, 0.2) is 24.3 Å². The van der Waals surface area contributed by atoms with Crippen molar-refractivity contribution in [2.75, 3.05) is 23.7 Å². The molecule has 3 heterocycles. The van der Waals surface area contributed by atoms with E-state index in [1.807, 2.05) is 0 Å². The van der Waals surface area contributed by atoms with Gasteiger partial charge in [-0.25, -0.2) is 4.98 Å². The van der Waals surface area contributed by atoms with Crippen LogP contribution in [-0.2, 0) is 25.9 Å². The van der Waals surface area contributed by atoms with Crippen molar-refractivity contribution in [1.29, 1.82) is 0 Å². The predicted molar refractivity (Wildman–Crippen MR) is 83.1 cm³/mol. The lowest BCUT2D eigenvalue weighted by Gasteiger charge is -2.21. The molecule has 4 rings (SSSR count). The summed E-state index contributed by atoms with van der Waals surface area (Å²) < 4.78 is 0. The molecular formula is C16H19N5. The number of hydrogen-bond donors (Lipinski definition) is 2. The summed E-state index contributed by atoms with van der Waals surface area (Å²) in [5, 5.41) is 3.42. The maximum absolute atomic E-state index is 5.94. The van der Waals surface area contributed by atoms with E-state index in [9.17, 15) is 0 Å². The molecule has 0 fully saturated rings. The van der Waals surface area contributed by atoms with Gasteiger partial charge < -0.3 is 16.0 Å². The van der Waals surface area contributed by atoms with Crippen molar-refractivity contribution in [1.82, 2.24) is 15.3 Å². The Morgan fingerprint density at radius 1 is 1.00 bits per heavy atom. The molecule has 0 aliphatic carbocycles. The van der Waals surface area contributed by atoms with E-state index in [4.69, 9.17) is 5.73 Å². The summed E-state index contributed by atoms with van der Waals surface area (Å²) in [6.45, 7) is 3.76. The monoisotopic (exact) mass is 281 g/mol. The molecule has 0 spiro atoms. The van der Waals surface area contributed by atoms with Crippen LogP contribution in [0.1, 0.15) is 22.4 Å². The average Bonchev–Trinajstić information content (AvgIpc) is 2.78. The summed E-state index contributed by atoms with van der Waals surface area (Å²) >= 11 is 0. The second-order valence-corrected chi connectivity index (χ2v) is 5.71.